The highest BCUT2D eigenvalue weighted by molar-refractivity contribution is 7.13. The number of alkyl halides is 3. The lowest BCUT2D eigenvalue weighted by atomic mass is 9.85. The first-order valence-electron chi connectivity index (χ1n) is 19.3. The number of aromatic nitrogens is 3. The topological polar surface area (TPSA) is 177 Å². The summed E-state index contributed by atoms with van der Waals surface area (Å²) in [4.78, 5) is 55.6. The number of halogens is 3. The van der Waals surface area contributed by atoms with Gasteiger partial charge in [0.2, 0.25) is 17.7 Å². The van der Waals surface area contributed by atoms with Crippen LogP contribution in [0, 0.1) is 12.3 Å². The SMILES string of the molecule is Cc1ncsc1-c1ccc(CNC(=O)[C@@H]2C[C@@H](O)CN2C(=O)C(NC(=O)COCCOc2ccc(-c3cc(Nc4ccc(OC(F)(F)F)cc4)ncn3)cc2)C(C)(C)C)cc1. The first-order chi connectivity index (χ1) is 29.0. The zero-order valence-corrected chi connectivity index (χ0v) is 34.7. The van der Waals surface area contributed by atoms with Gasteiger partial charge in [-0.3, -0.25) is 14.4 Å². The molecule has 5 aromatic rings. The van der Waals surface area contributed by atoms with Gasteiger partial charge in [-0.05, 0) is 72.0 Å². The largest absolute Gasteiger partial charge is 0.573 e. The highest BCUT2D eigenvalue weighted by Gasteiger charge is 2.44. The number of amides is 3. The molecule has 1 aliphatic rings. The van der Waals surface area contributed by atoms with Crippen molar-refractivity contribution in [3.05, 3.63) is 102 Å². The number of carbonyl (C=O) groups excluding carboxylic acids is 3. The fraction of sp³-hybridized carbons (Fsp3) is 0.349. The molecular formula is C43H46F3N7O7S. The molecule has 1 fully saturated rings. The number of hydrogen-bond acceptors (Lipinski definition) is 12. The molecule has 1 unspecified atom stereocenters. The molecule has 0 aliphatic carbocycles. The maximum absolute atomic E-state index is 13.9. The number of benzene rings is 3. The van der Waals surface area contributed by atoms with Crippen molar-refractivity contribution in [1.82, 2.24) is 30.5 Å². The summed E-state index contributed by atoms with van der Waals surface area (Å²) in [5.41, 5.74) is 5.76. The Labute approximate surface area is 354 Å². The molecule has 3 atom stereocenters. The predicted octanol–water partition coefficient (Wildman–Crippen LogP) is 6.42. The Kier molecular flexibility index (Phi) is 14.2. The Hall–Kier alpha value is -6.11. The molecule has 3 aromatic carbocycles. The number of anilines is 2. The quantitative estimate of drug-likeness (QED) is 0.0806. The summed E-state index contributed by atoms with van der Waals surface area (Å²) < 4.78 is 52.6. The Morgan fingerprint density at radius 3 is 2.26 bits per heavy atom. The van der Waals surface area contributed by atoms with Crippen LogP contribution in [0.25, 0.3) is 21.7 Å². The molecule has 0 spiro atoms. The minimum Gasteiger partial charge on any atom is -0.491 e. The lowest BCUT2D eigenvalue weighted by molar-refractivity contribution is -0.274. The lowest BCUT2D eigenvalue weighted by Crippen LogP contribution is -2.58. The van der Waals surface area contributed by atoms with E-state index in [0.29, 0.717) is 22.9 Å². The van der Waals surface area contributed by atoms with Crippen molar-refractivity contribution < 1.29 is 46.9 Å². The van der Waals surface area contributed by atoms with E-state index in [1.807, 2.05) is 31.2 Å². The molecule has 0 bridgehead atoms. The molecule has 322 valence electrons. The lowest BCUT2D eigenvalue weighted by Gasteiger charge is -2.35. The van der Waals surface area contributed by atoms with Crippen LogP contribution >= 0.6 is 11.3 Å². The van der Waals surface area contributed by atoms with E-state index in [1.165, 1.54) is 35.5 Å². The minimum absolute atomic E-state index is 0.0425. The van der Waals surface area contributed by atoms with E-state index in [4.69, 9.17) is 9.47 Å². The summed E-state index contributed by atoms with van der Waals surface area (Å²) >= 11 is 1.56. The molecule has 4 N–H and O–H groups in total. The van der Waals surface area contributed by atoms with E-state index in [0.717, 1.165) is 27.3 Å². The molecule has 0 radical (unpaired) electrons. The van der Waals surface area contributed by atoms with Gasteiger partial charge in [-0.25, -0.2) is 15.0 Å². The number of thiazole rings is 1. The number of aliphatic hydroxyl groups excluding tert-OH is 1. The van der Waals surface area contributed by atoms with Crippen molar-refractivity contribution >= 4 is 40.6 Å². The third kappa shape index (κ3) is 12.5. The van der Waals surface area contributed by atoms with Crippen molar-refractivity contribution in [3.63, 3.8) is 0 Å². The molecule has 3 heterocycles. The molecule has 18 heteroatoms. The van der Waals surface area contributed by atoms with Gasteiger partial charge in [0, 0.05) is 36.8 Å². The smallest absolute Gasteiger partial charge is 0.491 e. The number of likely N-dealkylation sites (tertiary alicyclic amines) is 1. The zero-order valence-electron chi connectivity index (χ0n) is 33.9. The average molecular weight is 862 g/mol. The van der Waals surface area contributed by atoms with Gasteiger partial charge in [0.05, 0.1) is 34.5 Å². The summed E-state index contributed by atoms with van der Waals surface area (Å²) in [5, 5.41) is 19.2. The number of rotatable bonds is 16. The van der Waals surface area contributed by atoms with Crippen LogP contribution < -0.4 is 25.4 Å². The number of nitrogens with one attached hydrogen (secondary N) is 3. The van der Waals surface area contributed by atoms with E-state index in [9.17, 15) is 32.7 Å². The average Bonchev–Trinajstić information content (AvgIpc) is 3.84. The molecule has 61 heavy (non-hydrogen) atoms. The monoisotopic (exact) mass is 861 g/mol. The van der Waals surface area contributed by atoms with E-state index in [1.54, 1.807) is 68.0 Å². The van der Waals surface area contributed by atoms with Crippen molar-refractivity contribution in [3.8, 4) is 33.2 Å². The van der Waals surface area contributed by atoms with Gasteiger partial charge in [0.15, 0.2) is 0 Å². The molecule has 0 saturated carbocycles. The summed E-state index contributed by atoms with van der Waals surface area (Å²) in [6.07, 6.45) is -4.24. The van der Waals surface area contributed by atoms with Crippen LogP contribution in [0.15, 0.2) is 90.7 Å². The predicted molar refractivity (Wildman–Crippen MR) is 222 cm³/mol. The van der Waals surface area contributed by atoms with Crippen molar-refractivity contribution in [2.24, 2.45) is 5.41 Å². The van der Waals surface area contributed by atoms with Crippen molar-refractivity contribution in [2.45, 2.75) is 65.2 Å². The van der Waals surface area contributed by atoms with Crippen molar-refractivity contribution in [2.75, 3.05) is 31.7 Å². The molecular weight excluding hydrogens is 816 g/mol. The van der Waals surface area contributed by atoms with Gasteiger partial charge in [-0.1, -0.05) is 45.0 Å². The second-order valence-electron chi connectivity index (χ2n) is 15.4. The van der Waals surface area contributed by atoms with Gasteiger partial charge in [0.1, 0.15) is 48.9 Å². The van der Waals surface area contributed by atoms with E-state index >= 15 is 0 Å². The molecule has 1 aliphatic heterocycles. The van der Waals surface area contributed by atoms with Crippen LogP contribution in [0.3, 0.4) is 0 Å². The number of ether oxygens (including phenoxy) is 3. The zero-order chi connectivity index (χ0) is 43.7. The van der Waals surface area contributed by atoms with E-state index in [2.05, 4.69) is 35.6 Å². The van der Waals surface area contributed by atoms with Crippen LogP contribution in [0.2, 0.25) is 0 Å². The van der Waals surface area contributed by atoms with E-state index in [-0.39, 0.29) is 45.1 Å². The third-order valence-electron chi connectivity index (χ3n) is 9.62. The molecule has 2 aromatic heterocycles. The van der Waals surface area contributed by atoms with Crippen LogP contribution in [-0.4, -0.2) is 93.6 Å². The Morgan fingerprint density at radius 1 is 0.918 bits per heavy atom. The Balaban J connectivity index is 0.943. The molecule has 6 rings (SSSR count). The van der Waals surface area contributed by atoms with E-state index < -0.39 is 47.7 Å². The number of aryl methyl sites for hydroxylation is 1. The van der Waals surface area contributed by atoms with Crippen molar-refractivity contribution in [1.29, 1.82) is 0 Å². The first kappa shape index (κ1) is 44.4. The summed E-state index contributed by atoms with van der Waals surface area (Å²) in [6.45, 7) is 7.41. The van der Waals surface area contributed by atoms with Crippen LogP contribution in [0.5, 0.6) is 11.5 Å². The first-order valence-corrected chi connectivity index (χ1v) is 20.2. The second-order valence-corrected chi connectivity index (χ2v) is 16.2. The molecule has 14 nitrogen and oxygen atoms in total. The maximum Gasteiger partial charge on any atom is 0.573 e. The fourth-order valence-corrected chi connectivity index (χ4v) is 7.37. The second kappa shape index (κ2) is 19.5. The van der Waals surface area contributed by atoms with Gasteiger partial charge < -0.3 is 40.2 Å². The van der Waals surface area contributed by atoms with Gasteiger partial charge in [-0.15, -0.1) is 24.5 Å². The maximum atomic E-state index is 13.9. The molecule has 1 saturated heterocycles. The Bertz CT molecular complexity index is 2270. The Morgan fingerprint density at radius 2 is 1.61 bits per heavy atom. The highest BCUT2D eigenvalue weighted by atomic mass is 32.1. The summed E-state index contributed by atoms with van der Waals surface area (Å²) in [5.74, 6) is -0.774. The van der Waals surface area contributed by atoms with Gasteiger partial charge >= 0.3 is 6.36 Å². The van der Waals surface area contributed by atoms with Crippen LogP contribution in [0.4, 0.5) is 24.7 Å². The van der Waals surface area contributed by atoms with Crippen LogP contribution in [-0.2, 0) is 25.7 Å². The number of nitrogens with zero attached hydrogens (tertiary/aromatic N) is 4. The third-order valence-corrected chi connectivity index (χ3v) is 10.6. The minimum atomic E-state index is -4.78. The number of aliphatic hydroxyl groups is 1. The fourth-order valence-electron chi connectivity index (χ4n) is 6.56. The normalized spacial score (nSPS) is 15.8. The number of β-amino-alcohol motifs (C(OH)–C–C–N with tert-alkyl or cyclic N) is 1. The van der Waals surface area contributed by atoms with Gasteiger partial charge in [0.25, 0.3) is 0 Å². The molecule has 3 amide bonds. The summed E-state index contributed by atoms with van der Waals surface area (Å²) in [6, 6.07) is 19.9. The number of carbonyl (C=O) groups is 3. The standard InChI is InChI=1S/C43H46F3N7O7S/c1-26-38(61-25-50-26)29-7-5-27(6-8-29)21-47-40(56)35-19-31(54)22-53(35)41(57)39(42(2,3)4)52-37(55)23-58-17-18-59-32-13-9-28(10-14-32)34-20-36(49-24-48-34)51-30-11-15-33(16-12-30)60-43(44,45)46/h5-16,20,24-25,31,35,39,54H,17-19,21-23H2,1-4H3,(H,47,56)(H,52,55)(H,48,49,51)/t31-,35+,39?/m1/s1. The summed E-state index contributed by atoms with van der Waals surface area (Å²) in [7, 11) is 0. The van der Waals surface area contributed by atoms with Crippen LogP contribution in [0.1, 0.15) is 38.4 Å². The van der Waals surface area contributed by atoms with Gasteiger partial charge in [-0.2, -0.15) is 0 Å². The highest BCUT2D eigenvalue weighted by Crippen LogP contribution is 2.30. The number of hydrogen-bond donors (Lipinski definition) is 4.